The smallest absolute Gasteiger partial charge is 0.309 e. The van der Waals surface area contributed by atoms with Gasteiger partial charge in [0.25, 0.3) is 0 Å². The molecule has 0 aliphatic carbocycles. The van der Waals surface area contributed by atoms with E-state index in [1.807, 2.05) is 13.8 Å². The summed E-state index contributed by atoms with van der Waals surface area (Å²) in [6.45, 7) is 7.83. The number of carbonyl (C=O) groups is 2. The van der Waals surface area contributed by atoms with Gasteiger partial charge in [-0.1, -0.05) is 58.8 Å². The second kappa shape index (κ2) is 10.7. The minimum absolute atomic E-state index is 0.631. The van der Waals surface area contributed by atoms with E-state index in [4.69, 9.17) is 0 Å². The van der Waals surface area contributed by atoms with Crippen LogP contribution in [0.3, 0.4) is 0 Å². The Kier molecular flexibility index (Phi) is 10.2. The van der Waals surface area contributed by atoms with Crippen LogP contribution in [0.25, 0.3) is 0 Å². The molecule has 0 aromatic heterocycles. The minimum atomic E-state index is -0.704. The van der Waals surface area contributed by atoms with E-state index in [1.165, 1.54) is 0 Å². The second-order valence-corrected chi connectivity index (χ2v) is 7.50. The van der Waals surface area contributed by atoms with Crippen LogP contribution in [0.1, 0.15) is 98.3 Å². The average Bonchev–Trinajstić information content (AvgIpc) is 2.50. The summed E-state index contributed by atoms with van der Waals surface area (Å²) in [5.41, 5.74) is -1.26. The SMILES string of the molecule is CCCCC(C)(CCCCCC(C)(CCCC)C(=O)O)C(=O)O. The van der Waals surface area contributed by atoms with Gasteiger partial charge in [0.1, 0.15) is 0 Å². The lowest BCUT2D eigenvalue weighted by atomic mass is 9.78. The predicted molar refractivity (Wildman–Crippen MR) is 93.6 cm³/mol. The lowest BCUT2D eigenvalue weighted by Crippen LogP contribution is -2.28. The molecule has 0 saturated heterocycles. The van der Waals surface area contributed by atoms with E-state index >= 15 is 0 Å². The molecule has 4 nitrogen and oxygen atoms in total. The predicted octanol–water partition coefficient (Wildman–Crippen LogP) is 5.50. The van der Waals surface area contributed by atoms with Crippen LogP contribution in [-0.4, -0.2) is 22.2 Å². The molecule has 2 unspecified atom stereocenters. The monoisotopic (exact) mass is 328 g/mol. The van der Waals surface area contributed by atoms with Crippen LogP contribution in [0.5, 0.6) is 0 Å². The Labute approximate surface area is 141 Å². The molecule has 2 N–H and O–H groups in total. The Balaban J connectivity index is 4.27. The first-order valence-corrected chi connectivity index (χ1v) is 9.18. The van der Waals surface area contributed by atoms with Crippen LogP contribution in [0.2, 0.25) is 0 Å². The Bertz CT molecular complexity index is 332. The van der Waals surface area contributed by atoms with Crippen molar-refractivity contribution in [2.24, 2.45) is 10.8 Å². The van der Waals surface area contributed by atoms with Gasteiger partial charge in [0.2, 0.25) is 0 Å². The molecular weight excluding hydrogens is 292 g/mol. The van der Waals surface area contributed by atoms with E-state index in [2.05, 4.69) is 13.8 Å². The van der Waals surface area contributed by atoms with Crippen LogP contribution < -0.4 is 0 Å². The summed E-state index contributed by atoms with van der Waals surface area (Å²) in [7, 11) is 0. The van der Waals surface area contributed by atoms with Crippen LogP contribution in [0.4, 0.5) is 0 Å². The van der Waals surface area contributed by atoms with Crippen LogP contribution >= 0.6 is 0 Å². The van der Waals surface area contributed by atoms with Gasteiger partial charge in [0.15, 0.2) is 0 Å². The van der Waals surface area contributed by atoms with Gasteiger partial charge in [0.05, 0.1) is 10.8 Å². The van der Waals surface area contributed by atoms with Crippen LogP contribution in [0, 0.1) is 10.8 Å². The lowest BCUT2D eigenvalue weighted by molar-refractivity contribution is -0.149. The van der Waals surface area contributed by atoms with Crippen molar-refractivity contribution in [2.45, 2.75) is 98.3 Å². The molecule has 0 amide bonds. The van der Waals surface area contributed by atoms with Crippen molar-refractivity contribution >= 4 is 11.9 Å². The topological polar surface area (TPSA) is 74.6 Å². The molecule has 0 aromatic carbocycles. The third kappa shape index (κ3) is 7.85. The highest BCUT2D eigenvalue weighted by Crippen LogP contribution is 2.34. The van der Waals surface area contributed by atoms with Crippen LogP contribution in [0.15, 0.2) is 0 Å². The van der Waals surface area contributed by atoms with E-state index in [-0.39, 0.29) is 0 Å². The third-order valence-electron chi connectivity index (χ3n) is 5.15. The molecule has 0 radical (unpaired) electrons. The molecular formula is C19H36O4. The average molecular weight is 328 g/mol. The summed E-state index contributed by atoms with van der Waals surface area (Å²) in [5, 5.41) is 18.9. The minimum Gasteiger partial charge on any atom is -0.481 e. The molecule has 0 rings (SSSR count). The fraction of sp³-hybridized carbons (Fsp3) is 0.895. The number of rotatable bonds is 14. The Hall–Kier alpha value is -1.06. The van der Waals surface area contributed by atoms with Gasteiger partial charge in [-0.05, 0) is 39.5 Å². The largest absolute Gasteiger partial charge is 0.481 e. The fourth-order valence-electron chi connectivity index (χ4n) is 3.02. The summed E-state index contributed by atoms with van der Waals surface area (Å²) in [6, 6.07) is 0. The summed E-state index contributed by atoms with van der Waals surface area (Å²) in [5.74, 6) is -1.41. The number of unbranched alkanes of at least 4 members (excludes halogenated alkanes) is 4. The molecule has 0 bridgehead atoms. The fourth-order valence-corrected chi connectivity index (χ4v) is 3.02. The van der Waals surface area contributed by atoms with E-state index in [0.717, 1.165) is 57.8 Å². The van der Waals surface area contributed by atoms with Gasteiger partial charge in [-0.15, -0.1) is 0 Å². The van der Waals surface area contributed by atoms with Crippen molar-refractivity contribution in [2.75, 3.05) is 0 Å². The van der Waals surface area contributed by atoms with Gasteiger partial charge in [-0.3, -0.25) is 9.59 Å². The Morgan fingerprint density at radius 2 is 0.957 bits per heavy atom. The maximum Gasteiger partial charge on any atom is 0.309 e. The molecule has 136 valence electrons. The van der Waals surface area contributed by atoms with Crippen molar-refractivity contribution in [1.29, 1.82) is 0 Å². The molecule has 0 aliphatic heterocycles. The summed E-state index contributed by atoms with van der Waals surface area (Å²) in [6.07, 6.45) is 9.34. The number of aliphatic carboxylic acids is 2. The number of carboxylic acid groups (broad SMARTS) is 2. The number of hydrogen-bond donors (Lipinski definition) is 2. The lowest BCUT2D eigenvalue weighted by Gasteiger charge is -2.26. The zero-order valence-corrected chi connectivity index (χ0v) is 15.5. The van der Waals surface area contributed by atoms with E-state index < -0.39 is 22.8 Å². The first-order chi connectivity index (χ1) is 10.7. The van der Waals surface area contributed by atoms with Crippen molar-refractivity contribution in [3.63, 3.8) is 0 Å². The maximum absolute atomic E-state index is 11.5. The zero-order valence-electron chi connectivity index (χ0n) is 15.5. The summed E-state index contributed by atoms with van der Waals surface area (Å²) in [4.78, 5) is 23.0. The third-order valence-corrected chi connectivity index (χ3v) is 5.15. The van der Waals surface area contributed by atoms with E-state index in [9.17, 15) is 19.8 Å². The molecule has 0 spiro atoms. The molecule has 4 heteroatoms. The number of carboxylic acids is 2. The quantitative estimate of drug-likeness (QED) is 0.413. The van der Waals surface area contributed by atoms with Crippen LogP contribution in [-0.2, 0) is 9.59 Å². The normalized spacial score (nSPS) is 16.5. The van der Waals surface area contributed by atoms with Crippen molar-refractivity contribution in [3.05, 3.63) is 0 Å². The summed E-state index contributed by atoms with van der Waals surface area (Å²) < 4.78 is 0. The molecule has 0 heterocycles. The highest BCUT2D eigenvalue weighted by molar-refractivity contribution is 5.74. The van der Waals surface area contributed by atoms with Gasteiger partial charge >= 0.3 is 11.9 Å². The number of hydrogen-bond acceptors (Lipinski definition) is 2. The van der Waals surface area contributed by atoms with Crippen molar-refractivity contribution in [3.8, 4) is 0 Å². The van der Waals surface area contributed by atoms with Gasteiger partial charge in [-0.25, -0.2) is 0 Å². The summed E-state index contributed by atoms with van der Waals surface area (Å²) >= 11 is 0. The van der Waals surface area contributed by atoms with Gasteiger partial charge < -0.3 is 10.2 Å². The molecule has 23 heavy (non-hydrogen) atoms. The van der Waals surface area contributed by atoms with Crippen molar-refractivity contribution in [1.82, 2.24) is 0 Å². The molecule has 0 fully saturated rings. The Morgan fingerprint density at radius 1 is 0.652 bits per heavy atom. The molecule has 2 atom stereocenters. The first kappa shape index (κ1) is 21.9. The standard InChI is InChI=1S/C19H36O4/c1-5-7-12-18(3,16(20)21)14-10-9-11-15-19(4,17(22)23)13-8-6-2/h5-15H2,1-4H3,(H,20,21)(H,22,23). The van der Waals surface area contributed by atoms with E-state index in [1.54, 1.807) is 0 Å². The Morgan fingerprint density at radius 3 is 1.22 bits per heavy atom. The highest BCUT2D eigenvalue weighted by Gasteiger charge is 2.33. The molecule has 0 aliphatic rings. The highest BCUT2D eigenvalue weighted by atomic mass is 16.4. The van der Waals surface area contributed by atoms with E-state index in [0.29, 0.717) is 12.8 Å². The second-order valence-electron chi connectivity index (χ2n) is 7.50. The molecule has 0 saturated carbocycles. The molecule has 0 aromatic rings. The van der Waals surface area contributed by atoms with Crippen molar-refractivity contribution < 1.29 is 19.8 Å². The maximum atomic E-state index is 11.5. The first-order valence-electron chi connectivity index (χ1n) is 9.18. The van der Waals surface area contributed by atoms with Gasteiger partial charge in [-0.2, -0.15) is 0 Å². The van der Waals surface area contributed by atoms with Gasteiger partial charge in [0, 0.05) is 0 Å². The zero-order chi connectivity index (χ0) is 17.9.